The summed E-state index contributed by atoms with van der Waals surface area (Å²) in [6.45, 7) is 4.74. The number of hydrogen-bond acceptors (Lipinski definition) is 2. The summed E-state index contributed by atoms with van der Waals surface area (Å²) in [5.41, 5.74) is 1.09. The third-order valence-electron chi connectivity index (χ3n) is 2.73. The summed E-state index contributed by atoms with van der Waals surface area (Å²) in [5.74, 6) is 0.468. The molecule has 0 aliphatic rings. The van der Waals surface area contributed by atoms with E-state index >= 15 is 0 Å². The molecular formula is C14H20F3NO. The van der Waals surface area contributed by atoms with Gasteiger partial charge >= 0.3 is 6.18 Å². The first-order valence-corrected chi connectivity index (χ1v) is 6.45. The Hall–Kier alpha value is -1.23. The summed E-state index contributed by atoms with van der Waals surface area (Å²) >= 11 is 0. The van der Waals surface area contributed by atoms with Gasteiger partial charge in [-0.1, -0.05) is 19.1 Å². The first kappa shape index (κ1) is 15.8. The number of hydrogen-bond donors (Lipinski definition) is 1. The SMILES string of the molecule is CCCNC(C)c1ccc(OCCC(F)(F)F)cc1. The zero-order valence-corrected chi connectivity index (χ0v) is 11.3. The molecule has 5 heteroatoms. The van der Waals surface area contributed by atoms with E-state index < -0.39 is 12.6 Å². The predicted molar refractivity (Wildman–Crippen MR) is 69.3 cm³/mol. The van der Waals surface area contributed by atoms with Crippen LogP contribution in [0.5, 0.6) is 5.75 Å². The molecule has 1 aromatic rings. The number of halogens is 3. The molecule has 108 valence electrons. The Morgan fingerprint density at radius 2 is 1.84 bits per heavy atom. The zero-order chi connectivity index (χ0) is 14.3. The third kappa shape index (κ3) is 6.47. The van der Waals surface area contributed by atoms with Gasteiger partial charge in [0.25, 0.3) is 0 Å². The molecule has 1 rings (SSSR count). The summed E-state index contributed by atoms with van der Waals surface area (Å²) in [7, 11) is 0. The molecule has 0 aliphatic carbocycles. The van der Waals surface area contributed by atoms with Gasteiger partial charge in [0.1, 0.15) is 5.75 Å². The van der Waals surface area contributed by atoms with Gasteiger partial charge in [-0.2, -0.15) is 13.2 Å². The van der Waals surface area contributed by atoms with Crippen LogP contribution in [0.1, 0.15) is 38.3 Å². The number of rotatable bonds is 7. The standard InChI is InChI=1S/C14H20F3NO/c1-3-9-18-11(2)12-4-6-13(7-5-12)19-10-8-14(15,16)17/h4-7,11,18H,3,8-10H2,1-2H3. The number of benzene rings is 1. The van der Waals surface area contributed by atoms with Crippen LogP contribution in [0.2, 0.25) is 0 Å². The van der Waals surface area contributed by atoms with Crippen LogP contribution in [0.15, 0.2) is 24.3 Å². The molecule has 0 aliphatic heterocycles. The van der Waals surface area contributed by atoms with Crippen molar-refractivity contribution in [2.24, 2.45) is 0 Å². The lowest BCUT2D eigenvalue weighted by molar-refractivity contribution is -0.139. The fourth-order valence-corrected chi connectivity index (χ4v) is 1.62. The third-order valence-corrected chi connectivity index (χ3v) is 2.73. The highest BCUT2D eigenvalue weighted by Gasteiger charge is 2.26. The highest BCUT2D eigenvalue weighted by atomic mass is 19.4. The minimum atomic E-state index is -4.17. The molecule has 0 radical (unpaired) electrons. The zero-order valence-electron chi connectivity index (χ0n) is 11.3. The Bertz CT molecular complexity index is 362. The maximum atomic E-state index is 12.0. The molecule has 0 aromatic heterocycles. The Morgan fingerprint density at radius 1 is 1.21 bits per heavy atom. The van der Waals surface area contributed by atoms with E-state index in [0.717, 1.165) is 18.5 Å². The summed E-state index contributed by atoms with van der Waals surface area (Å²) in [6.07, 6.45) is -4.04. The van der Waals surface area contributed by atoms with Crippen molar-refractivity contribution in [3.8, 4) is 5.75 Å². The van der Waals surface area contributed by atoms with Crippen LogP contribution >= 0.6 is 0 Å². The van der Waals surface area contributed by atoms with Crippen molar-refractivity contribution in [2.75, 3.05) is 13.2 Å². The van der Waals surface area contributed by atoms with Crippen LogP contribution in [0.3, 0.4) is 0 Å². The van der Waals surface area contributed by atoms with Gasteiger partial charge in [0.15, 0.2) is 0 Å². The van der Waals surface area contributed by atoms with E-state index in [9.17, 15) is 13.2 Å². The van der Waals surface area contributed by atoms with Gasteiger partial charge in [-0.15, -0.1) is 0 Å². The molecule has 2 nitrogen and oxygen atoms in total. The monoisotopic (exact) mass is 275 g/mol. The largest absolute Gasteiger partial charge is 0.493 e. The van der Waals surface area contributed by atoms with Crippen LogP contribution in [-0.2, 0) is 0 Å². The Balaban J connectivity index is 2.43. The maximum absolute atomic E-state index is 12.0. The number of ether oxygens (including phenoxy) is 1. The summed E-state index contributed by atoms with van der Waals surface area (Å²) < 4.78 is 40.9. The topological polar surface area (TPSA) is 21.3 Å². The van der Waals surface area contributed by atoms with E-state index in [1.807, 2.05) is 12.1 Å². The smallest absolute Gasteiger partial charge is 0.392 e. The fourth-order valence-electron chi connectivity index (χ4n) is 1.62. The molecule has 19 heavy (non-hydrogen) atoms. The normalized spacial score (nSPS) is 13.3. The van der Waals surface area contributed by atoms with E-state index in [-0.39, 0.29) is 12.6 Å². The Morgan fingerprint density at radius 3 is 2.37 bits per heavy atom. The van der Waals surface area contributed by atoms with Crippen LogP contribution in [0.4, 0.5) is 13.2 Å². The fraction of sp³-hybridized carbons (Fsp3) is 0.571. The lowest BCUT2D eigenvalue weighted by Gasteiger charge is -2.14. The first-order valence-electron chi connectivity index (χ1n) is 6.45. The molecule has 1 unspecified atom stereocenters. The quantitative estimate of drug-likeness (QED) is 0.809. The van der Waals surface area contributed by atoms with E-state index in [1.165, 1.54) is 0 Å². The second-order valence-corrected chi connectivity index (χ2v) is 4.46. The van der Waals surface area contributed by atoms with Crippen molar-refractivity contribution in [3.05, 3.63) is 29.8 Å². The second-order valence-electron chi connectivity index (χ2n) is 4.46. The van der Waals surface area contributed by atoms with Crippen molar-refractivity contribution < 1.29 is 17.9 Å². The molecule has 0 bridgehead atoms. The molecule has 0 spiro atoms. The van der Waals surface area contributed by atoms with E-state index in [4.69, 9.17) is 4.74 Å². The lowest BCUT2D eigenvalue weighted by atomic mass is 10.1. The van der Waals surface area contributed by atoms with Crippen molar-refractivity contribution in [2.45, 2.75) is 38.9 Å². The van der Waals surface area contributed by atoms with Gasteiger partial charge in [0, 0.05) is 6.04 Å². The van der Waals surface area contributed by atoms with Gasteiger partial charge in [0.2, 0.25) is 0 Å². The number of nitrogens with one attached hydrogen (secondary N) is 1. The Kier molecular flexibility index (Phi) is 6.15. The summed E-state index contributed by atoms with van der Waals surface area (Å²) in [6, 6.07) is 7.38. The van der Waals surface area contributed by atoms with E-state index in [2.05, 4.69) is 19.2 Å². The first-order chi connectivity index (χ1) is 8.92. The van der Waals surface area contributed by atoms with E-state index in [0.29, 0.717) is 5.75 Å². The van der Waals surface area contributed by atoms with Crippen LogP contribution < -0.4 is 10.1 Å². The minimum absolute atomic E-state index is 0.226. The highest BCUT2D eigenvalue weighted by molar-refractivity contribution is 5.28. The molecule has 1 atom stereocenters. The van der Waals surface area contributed by atoms with Gasteiger partial charge in [-0.25, -0.2) is 0 Å². The summed E-state index contributed by atoms with van der Waals surface area (Å²) in [5, 5.41) is 3.34. The van der Waals surface area contributed by atoms with Crippen molar-refractivity contribution in [3.63, 3.8) is 0 Å². The molecule has 0 saturated carbocycles. The van der Waals surface area contributed by atoms with E-state index in [1.54, 1.807) is 12.1 Å². The molecule has 0 fully saturated rings. The molecular weight excluding hydrogens is 255 g/mol. The average molecular weight is 275 g/mol. The Labute approximate surface area is 112 Å². The van der Waals surface area contributed by atoms with Gasteiger partial charge in [0.05, 0.1) is 13.0 Å². The van der Waals surface area contributed by atoms with Crippen molar-refractivity contribution >= 4 is 0 Å². The predicted octanol–water partition coefficient (Wildman–Crippen LogP) is 4.08. The average Bonchev–Trinajstić information content (AvgIpc) is 2.35. The van der Waals surface area contributed by atoms with Crippen molar-refractivity contribution in [1.82, 2.24) is 5.32 Å². The van der Waals surface area contributed by atoms with Gasteiger partial charge in [-0.3, -0.25) is 0 Å². The van der Waals surface area contributed by atoms with Gasteiger partial charge < -0.3 is 10.1 Å². The van der Waals surface area contributed by atoms with Gasteiger partial charge in [-0.05, 0) is 37.6 Å². The number of alkyl halides is 3. The molecule has 1 N–H and O–H groups in total. The maximum Gasteiger partial charge on any atom is 0.392 e. The molecule has 0 saturated heterocycles. The molecule has 0 heterocycles. The second kappa shape index (κ2) is 7.38. The lowest BCUT2D eigenvalue weighted by Crippen LogP contribution is -2.19. The van der Waals surface area contributed by atoms with Crippen LogP contribution in [0, 0.1) is 0 Å². The van der Waals surface area contributed by atoms with Crippen LogP contribution in [0.25, 0.3) is 0 Å². The van der Waals surface area contributed by atoms with Crippen molar-refractivity contribution in [1.29, 1.82) is 0 Å². The van der Waals surface area contributed by atoms with Crippen LogP contribution in [-0.4, -0.2) is 19.3 Å². The highest BCUT2D eigenvalue weighted by Crippen LogP contribution is 2.21. The molecule has 0 amide bonds. The molecule has 1 aromatic carbocycles. The minimum Gasteiger partial charge on any atom is -0.493 e. The summed E-state index contributed by atoms with van der Waals surface area (Å²) in [4.78, 5) is 0.